The normalized spacial score (nSPS) is 40.3. The second kappa shape index (κ2) is 4.63. The van der Waals surface area contributed by atoms with Crippen molar-refractivity contribution in [3.63, 3.8) is 0 Å². The summed E-state index contributed by atoms with van der Waals surface area (Å²) in [7, 11) is 0. The lowest BCUT2D eigenvalue weighted by molar-refractivity contribution is 0.0426. The fraction of sp³-hybridized carbons (Fsp3) is 1.00. The molecule has 0 bridgehead atoms. The van der Waals surface area contributed by atoms with Gasteiger partial charge in [-0.1, -0.05) is 13.3 Å². The molecule has 1 N–H and O–H groups in total. The number of aliphatic hydroxyl groups is 1. The van der Waals surface area contributed by atoms with Crippen LogP contribution in [0, 0.1) is 5.92 Å². The molecular formula is C12H23NO. The van der Waals surface area contributed by atoms with Gasteiger partial charge in [0.1, 0.15) is 0 Å². The van der Waals surface area contributed by atoms with Gasteiger partial charge >= 0.3 is 0 Å². The standard InChI is InChI=1S/C12H23NO/c1-2-10-5-4-8-13(9-10)11-6-3-7-12(11)14/h10-12,14H,2-9H2,1H3/t10?,11-,12-/m1/s1. The Morgan fingerprint density at radius 3 is 2.71 bits per heavy atom. The molecule has 1 saturated heterocycles. The fourth-order valence-electron chi connectivity index (χ4n) is 3.08. The summed E-state index contributed by atoms with van der Waals surface area (Å²) in [4.78, 5) is 2.55. The summed E-state index contributed by atoms with van der Waals surface area (Å²) in [5.74, 6) is 0.886. The average Bonchev–Trinajstić information content (AvgIpc) is 2.65. The molecule has 14 heavy (non-hydrogen) atoms. The van der Waals surface area contributed by atoms with Crippen molar-refractivity contribution in [3.8, 4) is 0 Å². The molecular weight excluding hydrogens is 174 g/mol. The number of hydrogen-bond donors (Lipinski definition) is 1. The van der Waals surface area contributed by atoms with Crippen LogP contribution in [-0.2, 0) is 0 Å². The minimum absolute atomic E-state index is 0.0365. The Bertz CT molecular complexity index is 183. The van der Waals surface area contributed by atoms with Crippen LogP contribution in [0.4, 0.5) is 0 Å². The highest BCUT2D eigenvalue weighted by Crippen LogP contribution is 2.29. The molecule has 1 heterocycles. The minimum atomic E-state index is -0.0365. The van der Waals surface area contributed by atoms with Crippen molar-refractivity contribution in [2.45, 2.75) is 57.6 Å². The van der Waals surface area contributed by atoms with E-state index in [1.165, 1.54) is 45.2 Å². The highest BCUT2D eigenvalue weighted by atomic mass is 16.3. The van der Waals surface area contributed by atoms with E-state index in [1.54, 1.807) is 0 Å². The Labute approximate surface area is 87.3 Å². The smallest absolute Gasteiger partial charge is 0.0695 e. The Balaban J connectivity index is 1.90. The molecule has 0 spiro atoms. The van der Waals surface area contributed by atoms with E-state index in [-0.39, 0.29) is 6.10 Å². The number of likely N-dealkylation sites (tertiary alicyclic amines) is 1. The topological polar surface area (TPSA) is 23.5 Å². The molecule has 1 saturated carbocycles. The molecule has 1 aliphatic heterocycles. The lowest BCUT2D eigenvalue weighted by Gasteiger charge is -2.37. The summed E-state index contributed by atoms with van der Waals surface area (Å²) in [5, 5.41) is 9.86. The van der Waals surface area contributed by atoms with E-state index in [2.05, 4.69) is 11.8 Å². The maximum Gasteiger partial charge on any atom is 0.0695 e. The van der Waals surface area contributed by atoms with Crippen molar-refractivity contribution in [1.29, 1.82) is 0 Å². The molecule has 2 fully saturated rings. The van der Waals surface area contributed by atoms with Crippen LogP contribution in [0.1, 0.15) is 45.4 Å². The molecule has 1 aliphatic carbocycles. The van der Waals surface area contributed by atoms with Gasteiger partial charge in [-0.05, 0) is 44.6 Å². The number of nitrogens with zero attached hydrogens (tertiary/aromatic N) is 1. The molecule has 0 radical (unpaired) electrons. The maximum atomic E-state index is 9.86. The zero-order valence-electron chi connectivity index (χ0n) is 9.28. The Hall–Kier alpha value is -0.0800. The summed E-state index contributed by atoms with van der Waals surface area (Å²) in [6.45, 7) is 4.75. The quantitative estimate of drug-likeness (QED) is 0.732. The third kappa shape index (κ3) is 2.12. The first-order valence-corrected chi connectivity index (χ1v) is 6.23. The van der Waals surface area contributed by atoms with Crippen molar-refractivity contribution in [2.75, 3.05) is 13.1 Å². The molecule has 2 rings (SSSR count). The van der Waals surface area contributed by atoms with Gasteiger partial charge < -0.3 is 5.11 Å². The molecule has 2 heteroatoms. The Kier molecular flexibility index (Phi) is 3.45. The van der Waals surface area contributed by atoms with Crippen molar-refractivity contribution >= 4 is 0 Å². The van der Waals surface area contributed by atoms with Gasteiger partial charge in [-0.25, -0.2) is 0 Å². The van der Waals surface area contributed by atoms with Crippen LogP contribution in [0.15, 0.2) is 0 Å². The number of piperidine rings is 1. The first-order valence-electron chi connectivity index (χ1n) is 6.23. The summed E-state index contributed by atoms with van der Waals surface area (Å²) in [6.07, 6.45) is 7.47. The van der Waals surface area contributed by atoms with Crippen molar-refractivity contribution in [3.05, 3.63) is 0 Å². The van der Waals surface area contributed by atoms with E-state index < -0.39 is 0 Å². The summed E-state index contributed by atoms with van der Waals surface area (Å²) in [5.41, 5.74) is 0. The number of aliphatic hydroxyl groups excluding tert-OH is 1. The van der Waals surface area contributed by atoms with Crippen LogP contribution in [0.5, 0.6) is 0 Å². The Morgan fingerprint density at radius 1 is 1.21 bits per heavy atom. The van der Waals surface area contributed by atoms with E-state index in [0.717, 1.165) is 12.3 Å². The molecule has 82 valence electrons. The van der Waals surface area contributed by atoms with Gasteiger partial charge in [0.15, 0.2) is 0 Å². The van der Waals surface area contributed by atoms with Crippen molar-refractivity contribution in [1.82, 2.24) is 4.90 Å². The van der Waals surface area contributed by atoms with Crippen molar-refractivity contribution in [2.24, 2.45) is 5.92 Å². The monoisotopic (exact) mass is 197 g/mol. The fourth-order valence-corrected chi connectivity index (χ4v) is 3.08. The van der Waals surface area contributed by atoms with Gasteiger partial charge in [0, 0.05) is 12.6 Å². The Morgan fingerprint density at radius 2 is 2.07 bits per heavy atom. The zero-order chi connectivity index (χ0) is 9.97. The lowest BCUT2D eigenvalue weighted by atomic mass is 9.94. The van der Waals surface area contributed by atoms with Gasteiger partial charge in [0.05, 0.1) is 6.10 Å². The third-order valence-corrected chi connectivity index (χ3v) is 4.04. The first kappa shape index (κ1) is 10.4. The van der Waals surface area contributed by atoms with Gasteiger partial charge in [0.2, 0.25) is 0 Å². The van der Waals surface area contributed by atoms with Crippen LogP contribution in [0.3, 0.4) is 0 Å². The molecule has 0 aromatic rings. The SMILES string of the molecule is CCC1CCCN([C@@H]2CCC[C@H]2O)C1. The second-order valence-electron chi connectivity index (χ2n) is 4.98. The van der Waals surface area contributed by atoms with Gasteiger partial charge in [0.25, 0.3) is 0 Å². The molecule has 0 amide bonds. The summed E-state index contributed by atoms with van der Waals surface area (Å²) < 4.78 is 0. The molecule has 3 atom stereocenters. The highest BCUT2D eigenvalue weighted by molar-refractivity contribution is 4.87. The van der Waals surface area contributed by atoms with E-state index in [4.69, 9.17) is 0 Å². The first-order chi connectivity index (χ1) is 6.81. The van der Waals surface area contributed by atoms with E-state index in [1.807, 2.05) is 0 Å². The minimum Gasteiger partial charge on any atom is -0.391 e. The van der Waals surface area contributed by atoms with Gasteiger partial charge in [-0.15, -0.1) is 0 Å². The van der Waals surface area contributed by atoms with Crippen LogP contribution in [0.2, 0.25) is 0 Å². The molecule has 2 nitrogen and oxygen atoms in total. The molecule has 0 aromatic carbocycles. The predicted octanol–water partition coefficient (Wildman–Crippen LogP) is 2.02. The van der Waals surface area contributed by atoms with E-state index >= 15 is 0 Å². The summed E-state index contributed by atoms with van der Waals surface area (Å²) >= 11 is 0. The van der Waals surface area contributed by atoms with Crippen LogP contribution in [-0.4, -0.2) is 35.2 Å². The van der Waals surface area contributed by atoms with Gasteiger partial charge in [-0.3, -0.25) is 4.90 Å². The number of hydrogen-bond acceptors (Lipinski definition) is 2. The maximum absolute atomic E-state index is 9.86. The van der Waals surface area contributed by atoms with Gasteiger partial charge in [-0.2, -0.15) is 0 Å². The van der Waals surface area contributed by atoms with Crippen molar-refractivity contribution < 1.29 is 5.11 Å². The predicted molar refractivity (Wildman–Crippen MR) is 58.2 cm³/mol. The van der Waals surface area contributed by atoms with E-state index in [0.29, 0.717) is 6.04 Å². The number of rotatable bonds is 2. The average molecular weight is 197 g/mol. The highest BCUT2D eigenvalue weighted by Gasteiger charge is 2.32. The largest absolute Gasteiger partial charge is 0.391 e. The second-order valence-corrected chi connectivity index (χ2v) is 4.98. The molecule has 2 aliphatic rings. The zero-order valence-corrected chi connectivity index (χ0v) is 9.28. The molecule has 1 unspecified atom stereocenters. The van der Waals surface area contributed by atoms with Crippen LogP contribution >= 0.6 is 0 Å². The lowest BCUT2D eigenvalue weighted by Crippen LogP contribution is -2.45. The third-order valence-electron chi connectivity index (χ3n) is 4.04. The van der Waals surface area contributed by atoms with Crippen LogP contribution < -0.4 is 0 Å². The van der Waals surface area contributed by atoms with Crippen LogP contribution in [0.25, 0.3) is 0 Å². The summed E-state index contributed by atoms with van der Waals surface area (Å²) in [6, 6.07) is 0.490. The molecule has 0 aromatic heterocycles. The van der Waals surface area contributed by atoms with E-state index in [9.17, 15) is 5.11 Å².